The lowest BCUT2D eigenvalue weighted by Gasteiger charge is -2.31. The van der Waals surface area contributed by atoms with Gasteiger partial charge < -0.3 is 10.2 Å². The van der Waals surface area contributed by atoms with Crippen molar-refractivity contribution in [2.45, 2.75) is 38.6 Å². The first-order chi connectivity index (χ1) is 9.24. The number of aromatic nitrogens is 1. The minimum absolute atomic E-state index is 0.724. The van der Waals surface area contributed by atoms with E-state index in [2.05, 4.69) is 44.1 Å². The van der Waals surface area contributed by atoms with Crippen molar-refractivity contribution in [1.82, 2.24) is 10.3 Å². The molecule has 0 atom stereocenters. The average molecular weight is 324 g/mol. The molecule has 3 nitrogen and oxygen atoms in total. The van der Waals surface area contributed by atoms with E-state index in [1.165, 1.54) is 50.9 Å². The first kappa shape index (κ1) is 13.4. The van der Waals surface area contributed by atoms with E-state index >= 15 is 0 Å². The average Bonchev–Trinajstić information content (AvgIpc) is 3.22. The molecule has 104 valence electrons. The monoisotopic (exact) mass is 323 g/mol. The minimum Gasteiger partial charge on any atom is -0.352 e. The van der Waals surface area contributed by atoms with Gasteiger partial charge in [0.1, 0.15) is 5.82 Å². The maximum absolute atomic E-state index is 4.67. The van der Waals surface area contributed by atoms with Crippen LogP contribution in [0.2, 0.25) is 0 Å². The van der Waals surface area contributed by atoms with Gasteiger partial charge in [0.25, 0.3) is 0 Å². The molecule has 0 bridgehead atoms. The van der Waals surface area contributed by atoms with Crippen molar-refractivity contribution in [1.29, 1.82) is 0 Å². The molecule has 2 fully saturated rings. The van der Waals surface area contributed by atoms with E-state index < -0.39 is 0 Å². The van der Waals surface area contributed by atoms with Gasteiger partial charge in [0.15, 0.2) is 0 Å². The Morgan fingerprint density at radius 1 is 1.32 bits per heavy atom. The quantitative estimate of drug-likeness (QED) is 0.922. The van der Waals surface area contributed by atoms with E-state index in [0.29, 0.717) is 0 Å². The maximum atomic E-state index is 4.67. The maximum Gasteiger partial charge on any atom is 0.143 e. The Kier molecular flexibility index (Phi) is 4.08. The predicted octanol–water partition coefficient (Wildman–Crippen LogP) is 3.12. The van der Waals surface area contributed by atoms with Crippen LogP contribution in [0.5, 0.6) is 0 Å². The Morgan fingerprint density at radius 3 is 2.68 bits per heavy atom. The number of anilines is 1. The topological polar surface area (TPSA) is 28.2 Å². The van der Waals surface area contributed by atoms with E-state index in [1.807, 2.05) is 6.20 Å². The molecule has 19 heavy (non-hydrogen) atoms. The largest absolute Gasteiger partial charge is 0.352 e. The van der Waals surface area contributed by atoms with Gasteiger partial charge in [0.2, 0.25) is 0 Å². The van der Waals surface area contributed by atoms with Crippen LogP contribution in [0.4, 0.5) is 5.82 Å². The van der Waals surface area contributed by atoms with Gasteiger partial charge in [-0.15, -0.1) is 0 Å². The first-order valence-corrected chi connectivity index (χ1v) is 8.13. The smallest absolute Gasteiger partial charge is 0.143 e. The zero-order chi connectivity index (χ0) is 13.2. The molecule has 0 unspecified atom stereocenters. The molecule has 0 amide bonds. The van der Waals surface area contributed by atoms with E-state index in [0.717, 1.165) is 22.3 Å². The van der Waals surface area contributed by atoms with Crippen molar-refractivity contribution in [2.24, 2.45) is 5.92 Å². The highest BCUT2D eigenvalue weighted by Crippen LogP contribution is 2.36. The van der Waals surface area contributed by atoms with Crippen LogP contribution in [-0.4, -0.2) is 30.7 Å². The van der Waals surface area contributed by atoms with Gasteiger partial charge >= 0.3 is 0 Å². The molecule has 1 saturated carbocycles. The van der Waals surface area contributed by atoms with Crippen LogP contribution in [0, 0.1) is 12.8 Å². The molecule has 1 N–H and O–H groups in total. The van der Waals surface area contributed by atoms with Gasteiger partial charge in [-0.2, -0.15) is 0 Å². The number of aryl methyl sites for hydroxylation is 1. The van der Waals surface area contributed by atoms with Crippen molar-refractivity contribution < 1.29 is 0 Å². The fraction of sp³-hybridized carbons (Fsp3) is 0.667. The lowest BCUT2D eigenvalue weighted by Crippen LogP contribution is -2.37. The van der Waals surface area contributed by atoms with Crippen LogP contribution in [0.1, 0.15) is 31.2 Å². The van der Waals surface area contributed by atoms with Gasteiger partial charge in [-0.05, 0) is 79.2 Å². The highest BCUT2D eigenvalue weighted by Gasteiger charge is 2.32. The number of piperidine rings is 1. The number of halogens is 1. The molecule has 1 aromatic rings. The predicted molar refractivity (Wildman–Crippen MR) is 82.6 cm³/mol. The molecule has 4 heteroatoms. The highest BCUT2D eigenvalue weighted by atomic mass is 79.9. The van der Waals surface area contributed by atoms with Crippen molar-refractivity contribution in [3.8, 4) is 0 Å². The summed E-state index contributed by atoms with van der Waals surface area (Å²) in [6.45, 7) is 5.61. The molecule has 1 aromatic heterocycles. The second-order valence-corrected chi connectivity index (χ2v) is 6.75. The summed E-state index contributed by atoms with van der Waals surface area (Å²) in [5.41, 5.74) is 1.22. The van der Waals surface area contributed by atoms with Crippen LogP contribution in [-0.2, 0) is 0 Å². The Bertz CT molecular complexity index is 439. The van der Waals surface area contributed by atoms with Crippen LogP contribution >= 0.6 is 15.9 Å². The number of nitrogens with one attached hydrogen (secondary N) is 1. The van der Waals surface area contributed by atoms with E-state index in [-0.39, 0.29) is 0 Å². The van der Waals surface area contributed by atoms with Gasteiger partial charge in [-0.1, -0.05) is 0 Å². The van der Waals surface area contributed by atoms with E-state index in [9.17, 15) is 0 Å². The third-order valence-corrected chi connectivity index (χ3v) is 4.72. The molecule has 2 heterocycles. The van der Waals surface area contributed by atoms with Crippen molar-refractivity contribution in [2.75, 3.05) is 24.5 Å². The molecule has 1 aliphatic carbocycles. The van der Waals surface area contributed by atoms with Crippen LogP contribution in [0.3, 0.4) is 0 Å². The zero-order valence-electron chi connectivity index (χ0n) is 11.5. The van der Waals surface area contributed by atoms with E-state index in [4.69, 9.17) is 0 Å². The summed E-state index contributed by atoms with van der Waals surface area (Å²) in [6.07, 6.45) is 7.23. The van der Waals surface area contributed by atoms with Crippen molar-refractivity contribution in [3.63, 3.8) is 0 Å². The van der Waals surface area contributed by atoms with Crippen molar-refractivity contribution in [3.05, 3.63) is 22.3 Å². The van der Waals surface area contributed by atoms with Gasteiger partial charge in [-0.3, -0.25) is 0 Å². The molecular formula is C15H22BrN3. The molecule has 0 radical (unpaired) electrons. The van der Waals surface area contributed by atoms with Gasteiger partial charge in [-0.25, -0.2) is 4.98 Å². The summed E-state index contributed by atoms with van der Waals surface area (Å²) in [5, 5.41) is 3.45. The molecule has 1 saturated heterocycles. The molecule has 0 spiro atoms. The van der Waals surface area contributed by atoms with Crippen LogP contribution in [0.25, 0.3) is 0 Å². The summed E-state index contributed by atoms with van der Waals surface area (Å²) in [6, 6.07) is 2.90. The standard InChI is InChI=1S/C15H22BrN3/c1-11-8-14(16)15(18-9-11)19(13-2-3-13)10-12-4-6-17-7-5-12/h8-9,12-13,17H,2-7,10H2,1H3. The molecule has 1 aliphatic heterocycles. The third kappa shape index (κ3) is 3.29. The zero-order valence-corrected chi connectivity index (χ0v) is 13.1. The van der Waals surface area contributed by atoms with E-state index in [1.54, 1.807) is 0 Å². The summed E-state index contributed by atoms with van der Waals surface area (Å²) in [5.74, 6) is 1.96. The van der Waals surface area contributed by atoms with Crippen LogP contribution in [0.15, 0.2) is 16.7 Å². The minimum atomic E-state index is 0.724. The lowest BCUT2D eigenvalue weighted by atomic mass is 9.97. The third-order valence-electron chi connectivity index (χ3n) is 4.13. The number of pyridine rings is 1. The molecular weight excluding hydrogens is 302 g/mol. The Labute approximate surface area is 123 Å². The summed E-state index contributed by atoms with van der Waals surface area (Å²) < 4.78 is 1.15. The second-order valence-electron chi connectivity index (χ2n) is 5.90. The normalized spacial score (nSPS) is 20.5. The first-order valence-electron chi connectivity index (χ1n) is 7.33. The summed E-state index contributed by atoms with van der Waals surface area (Å²) >= 11 is 3.69. The summed E-state index contributed by atoms with van der Waals surface area (Å²) in [4.78, 5) is 7.21. The van der Waals surface area contributed by atoms with Crippen LogP contribution < -0.4 is 10.2 Å². The summed E-state index contributed by atoms with van der Waals surface area (Å²) in [7, 11) is 0. The van der Waals surface area contributed by atoms with Gasteiger partial charge in [0, 0.05) is 18.8 Å². The number of hydrogen-bond donors (Lipinski definition) is 1. The molecule has 0 aromatic carbocycles. The Morgan fingerprint density at radius 2 is 2.05 bits per heavy atom. The molecule has 3 rings (SSSR count). The number of nitrogens with zero attached hydrogens (tertiary/aromatic N) is 2. The number of hydrogen-bond acceptors (Lipinski definition) is 3. The fourth-order valence-corrected chi connectivity index (χ4v) is 3.57. The molecule has 2 aliphatic rings. The van der Waals surface area contributed by atoms with Gasteiger partial charge in [0.05, 0.1) is 4.47 Å². The lowest BCUT2D eigenvalue weighted by molar-refractivity contribution is 0.372. The Balaban J connectivity index is 1.76. The highest BCUT2D eigenvalue weighted by molar-refractivity contribution is 9.10. The Hall–Kier alpha value is -0.610. The number of rotatable bonds is 4. The second kappa shape index (κ2) is 5.80. The SMILES string of the molecule is Cc1cnc(N(CC2CCNCC2)C2CC2)c(Br)c1. The van der Waals surface area contributed by atoms with Crippen molar-refractivity contribution >= 4 is 21.7 Å². The fourth-order valence-electron chi connectivity index (χ4n) is 2.87.